The lowest BCUT2D eigenvalue weighted by atomic mass is 10.0. The summed E-state index contributed by atoms with van der Waals surface area (Å²) in [4.78, 5) is 4.42. The molecule has 180 valence electrons. The minimum Gasteiger partial charge on any atom is -0.436 e. The lowest BCUT2D eigenvalue weighted by molar-refractivity contribution is -0.274. The first-order valence-corrected chi connectivity index (χ1v) is 11.0. The molecule has 0 spiro atoms. The zero-order valence-corrected chi connectivity index (χ0v) is 19.6. The first kappa shape index (κ1) is 24.2. The molecular weight excluding hydrogens is 477 g/mol. The number of benzene rings is 3. The van der Waals surface area contributed by atoms with Gasteiger partial charge in [0.05, 0.1) is 6.21 Å². The molecule has 3 aromatic carbocycles. The molecule has 0 unspecified atom stereocenters. The predicted molar refractivity (Wildman–Crippen MR) is 134 cm³/mol. The summed E-state index contributed by atoms with van der Waals surface area (Å²) in [5.74, 6) is 0.304. The molecule has 0 aliphatic rings. The van der Waals surface area contributed by atoms with Crippen LogP contribution >= 0.6 is 12.2 Å². The second-order valence-electron chi connectivity index (χ2n) is 7.88. The number of hydrazone groups is 1. The monoisotopic (exact) mass is 498 g/mol. The van der Waals surface area contributed by atoms with Crippen molar-refractivity contribution in [1.82, 2.24) is 10.4 Å². The third-order valence-electron chi connectivity index (χ3n) is 4.96. The largest absolute Gasteiger partial charge is 0.573 e. The van der Waals surface area contributed by atoms with Crippen molar-refractivity contribution in [2.45, 2.75) is 26.1 Å². The van der Waals surface area contributed by atoms with Gasteiger partial charge >= 0.3 is 6.36 Å². The van der Waals surface area contributed by atoms with E-state index in [1.165, 1.54) is 24.3 Å². The lowest BCUT2D eigenvalue weighted by Gasteiger charge is -2.14. The van der Waals surface area contributed by atoms with E-state index in [0.717, 1.165) is 16.8 Å². The van der Waals surface area contributed by atoms with Crippen molar-refractivity contribution in [2.75, 3.05) is 5.32 Å². The Kier molecular flexibility index (Phi) is 7.02. The highest BCUT2D eigenvalue weighted by molar-refractivity contribution is 7.80. The Hall–Kier alpha value is -3.92. The maximum atomic E-state index is 12.3. The van der Waals surface area contributed by atoms with Crippen LogP contribution in [0.3, 0.4) is 0 Å². The molecule has 2 N–H and O–H groups in total. The highest BCUT2D eigenvalue weighted by atomic mass is 32.1. The maximum Gasteiger partial charge on any atom is 0.573 e. The Bertz CT molecular complexity index is 1370. The Morgan fingerprint density at radius 1 is 1.09 bits per heavy atom. The number of ether oxygens (including phenoxy) is 1. The quantitative estimate of drug-likeness (QED) is 0.172. The average Bonchev–Trinajstić information content (AvgIpc) is 3.22. The fraction of sp³-hybridized carbons (Fsp3) is 0.160. The van der Waals surface area contributed by atoms with E-state index < -0.39 is 6.36 Å². The fourth-order valence-electron chi connectivity index (χ4n) is 3.38. The summed E-state index contributed by atoms with van der Waals surface area (Å²) in [6, 6.07) is 18.5. The van der Waals surface area contributed by atoms with Gasteiger partial charge in [-0.1, -0.05) is 32.0 Å². The SMILES string of the molecule is CC(C)c1ccccc1NC(=S)N/N=C/c1ccc2oc(-c3ccc(OC(F)(F)F)cc3)nc2c1. The second-order valence-corrected chi connectivity index (χ2v) is 8.29. The summed E-state index contributed by atoms with van der Waals surface area (Å²) in [6.45, 7) is 4.22. The topological polar surface area (TPSA) is 71.7 Å². The average molecular weight is 499 g/mol. The number of para-hydroxylation sites is 1. The zero-order chi connectivity index (χ0) is 25.0. The van der Waals surface area contributed by atoms with E-state index in [2.05, 4.69) is 39.4 Å². The van der Waals surface area contributed by atoms with Crippen molar-refractivity contribution in [3.05, 3.63) is 77.9 Å². The van der Waals surface area contributed by atoms with Crippen LogP contribution in [0.4, 0.5) is 18.9 Å². The van der Waals surface area contributed by atoms with Gasteiger partial charge in [-0.05, 0) is 77.8 Å². The Labute approximate surface area is 204 Å². The summed E-state index contributed by atoms with van der Waals surface area (Å²) < 4.78 is 46.6. The number of halogens is 3. The number of oxazole rings is 1. The van der Waals surface area contributed by atoms with Gasteiger partial charge in [0.2, 0.25) is 5.89 Å². The van der Waals surface area contributed by atoms with Gasteiger partial charge in [0.25, 0.3) is 0 Å². The van der Waals surface area contributed by atoms with Crippen LogP contribution in [0.2, 0.25) is 0 Å². The third-order valence-corrected chi connectivity index (χ3v) is 5.15. The summed E-state index contributed by atoms with van der Waals surface area (Å²) in [5, 5.41) is 7.69. The fourth-order valence-corrected chi connectivity index (χ4v) is 3.54. The Morgan fingerprint density at radius 2 is 1.83 bits per heavy atom. The molecule has 0 aliphatic heterocycles. The molecule has 0 amide bonds. The molecular formula is C25H21F3N4O2S. The van der Waals surface area contributed by atoms with E-state index >= 15 is 0 Å². The van der Waals surface area contributed by atoms with Crippen LogP contribution < -0.4 is 15.5 Å². The van der Waals surface area contributed by atoms with Crippen LogP contribution in [0.5, 0.6) is 5.75 Å². The molecule has 0 saturated heterocycles. The Morgan fingerprint density at radius 3 is 2.54 bits per heavy atom. The number of fused-ring (bicyclic) bond motifs is 1. The summed E-state index contributed by atoms with van der Waals surface area (Å²) in [5.41, 5.74) is 7.25. The van der Waals surface area contributed by atoms with Crippen LogP contribution in [0, 0.1) is 0 Å². The number of hydrogen-bond donors (Lipinski definition) is 2. The highest BCUT2D eigenvalue weighted by Gasteiger charge is 2.31. The van der Waals surface area contributed by atoms with Gasteiger partial charge in [0.15, 0.2) is 10.7 Å². The van der Waals surface area contributed by atoms with Gasteiger partial charge in [-0.15, -0.1) is 13.2 Å². The summed E-state index contributed by atoms with van der Waals surface area (Å²) >= 11 is 5.34. The van der Waals surface area contributed by atoms with Crippen molar-refractivity contribution in [2.24, 2.45) is 5.10 Å². The van der Waals surface area contributed by atoms with E-state index in [-0.39, 0.29) is 11.6 Å². The number of rotatable bonds is 6. The van der Waals surface area contributed by atoms with E-state index in [0.29, 0.717) is 27.7 Å². The number of nitrogens with zero attached hydrogens (tertiary/aromatic N) is 2. The zero-order valence-electron chi connectivity index (χ0n) is 18.8. The number of hydrogen-bond acceptors (Lipinski definition) is 5. The standard InChI is InChI=1S/C25H21F3N4O2S/c1-15(2)19-5-3-4-6-20(19)31-24(35)32-29-14-16-7-12-22-21(13-16)30-23(33-22)17-8-10-18(11-9-17)34-25(26,27)28/h3-15H,1-2H3,(H2,31,32,35)/b29-14+. The van der Waals surface area contributed by atoms with Crippen LogP contribution in [0.15, 0.2) is 76.2 Å². The van der Waals surface area contributed by atoms with Gasteiger partial charge in [-0.3, -0.25) is 5.43 Å². The van der Waals surface area contributed by atoms with E-state index in [9.17, 15) is 13.2 Å². The van der Waals surface area contributed by atoms with Crippen molar-refractivity contribution >= 4 is 40.3 Å². The van der Waals surface area contributed by atoms with Gasteiger partial charge < -0.3 is 14.5 Å². The smallest absolute Gasteiger partial charge is 0.436 e. The molecule has 1 heterocycles. The Balaban J connectivity index is 1.42. The van der Waals surface area contributed by atoms with Crippen LogP contribution in [-0.2, 0) is 0 Å². The first-order chi connectivity index (χ1) is 16.7. The van der Waals surface area contributed by atoms with Crippen LogP contribution in [-0.4, -0.2) is 22.7 Å². The molecule has 1 aromatic heterocycles. The molecule has 6 nitrogen and oxygen atoms in total. The molecule has 0 aliphatic carbocycles. The number of thiocarbonyl (C=S) groups is 1. The number of aromatic nitrogens is 1. The summed E-state index contributed by atoms with van der Waals surface area (Å²) in [6.07, 6.45) is -3.15. The number of alkyl halides is 3. The lowest BCUT2D eigenvalue weighted by Crippen LogP contribution is -2.24. The molecule has 35 heavy (non-hydrogen) atoms. The van der Waals surface area contributed by atoms with Crippen molar-refractivity contribution < 1.29 is 22.3 Å². The van der Waals surface area contributed by atoms with E-state index in [1.807, 2.05) is 24.3 Å². The molecule has 4 aromatic rings. The number of anilines is 1. The molecule has 4 rings (SSSR count). The van der Waals surface area contributed by atoms with Crippen LogP contribution in [0.25, 0.3) is 22.6 Å². The minimum atomic E-state index is -4.75. The van der Waals surface area contributed by atoms with Gasteiger partial charge in [-0.25, -0.2) is 4.98 Å². The highest BCUT2D eigenvalue weighted by Crippen LogP contribution is 2.28. The van der Waals surface area contributed by atoms with Crippen molar-refractivity contribution in [1.29, 1.82) is 0 Å². The minimum absolute atomic E-state index is 0.278. The summed E-state index contributed by atoms with van der Waals surface area (Å²) in [7, 11) is 0. The molecule has 0 radical (unpaired) electrons. The third kappa shape index (κ3) is 6.36. The normalized spacial score (nSPS) is 11.8. The van der Waals surface area contributed by atoms with Crippen molar-refractivity contribution in [3.63, 3.8) is 0 Å². The first-order valence-electron chi connectivity index (χ1n) is 10.6. The second kappa shape index (κ2) is 10.1. The van der Waals surface area contributed by atoms with Gasteiger partial charge in [0.1, 0.15) is 11.3 Å². The van der Waals surface area contributed by atoms with Crippen LogP contribution in [0.1, 0.15) is 30.9 Å². The molecule has 0 fully saturated rings. The predicted octanol–water partition coefficient (Wildman–Crippen LogP) is 6.84. The van der Waals surface area contributed by atoms with Gasteiger partial charge in [-0.2, -0.15) is 5.10 Å². The van der Waals surface area contributed by atoms with E-state index in [4.69, 9.17) is 16.6 Å². The molecule has 10 heteroatoms. The molecule has 0 bridgehead atoms. The maximum absolute atomic E-state index is 12.3. The number of nitrogens with one attached hydrogen (secondary N) is 2. The molecule has 0 atom stereocenters. The van der Waals surface area contributed by atoms with E-state index in [1.54, 1.807) is 24.4 Å². The van der Waals surface area contributed by atoms with Gasteiger partial charge in [0, 0.05) is 11.3 Å². The molecule has 0 saturated carbocycles. The van der Waals surface area contributed by atoms with Crippen molar-refractivity contribution in [3.8, 4) is 17.2 Å².